The SMILES string of the molecule is COc1ccc(C(=O)N[C@@H]2CCN(c3cc(-c4ccc(Cl)cc4)[nH]n3)C2)cc1F. The highest BCUT2D eigenvalue weighted by Crippen LogP contribution is 2.25. The van der Waals surface area contributed by atoms with Crippen molar-refractivity contribution in [3.63, 3.8) is 0 Å². The molecule has 150 valence electrons. The second kappa shape index (κ2) is 8.13. The molecule has 29 heavy (non-hydrogen) atoms. The van der Waals surface area contributed by atoms with E-state index in [4.69, 9.17) is 16.3 Å². The van der Waals surface area contributed by atoms with Crippen molar-refractivity contribution in [1.29, 1.82) is 0 Å². The van der Waals surface area contributed by atoms with Crippen LogP contribution in [0.4, 0.5) is 10.2 Å². The summed E-state index contributed by atoms with van der Waals surface area (Å²) < 4.78 is 18.7. The van der Waals surface area contributed by atoms with E-state index < -0.39 is 5.82 Å². The number of aromatic nitrogens is 2. The zero-order valence-electron chi connectivity index (χ0n) is 15.8. The second-order valence-electron chi connectivity index (χ2n) is 6.90. The maximum Gasteiger partial charge on any atom is 0.251 e. The van der Waals surface area contributed by atoms with Crippen molar-refractivity contribution < 1.29 is 13.9 Å². The fraction of sp³-hybridized carbons (Fsp3) is 0.238. The van der Waals surface area contributed by atoms with Crippen LogP contribution < -0.4 is 15.0 Å². The molecule has 1 amide bonds. The minimum absolute atomic E-state index is 0.0386. The number of hydrogen-bond acceptors (Lipinski definition) is 4. The molecule has 8 heteroatoms. The minimum Gasteiger partial charge on any atom is -0.494 e. The molecule has 1 aromatic heterocycles. The number of aromatic amines is 1. The number of nitrogens with zero attached hydrogens (tertiary/aromatic N) is 2. The molecule has 2 heterocycles. The summed E-state index contributed by atoms with van der Waals surface area (Å²) in [6.07, 6.45) is 0.785. The first-order valence-electron chi connectivity index (χ1n) is 9.24. The summed E-state index contributed by atoms with van der Waals surface area (Å²) in [5, 5.41) is 11.1. The van der Waals surface area contributed by atoms with Gasteiger partial charge in [0.25, 0.3) is 5.91 Å². The number of rotatable bonds is 5. The Kier molecular flexibility index (Phi) is 5.40. The van der Waals surface area contributed by atoms with Crippen LogP contribution in [0, 0.1) is 5.82 Å². The van der Waals surface area contributed by atoms with Gasteiger partial charge in [-0.3, -0.25) is 9.89 Å². The van der Waals surface area contributed by atoms with Gasteiger partial charge in [0, 0.05) is 35.8 Å². The van der Waals surface area contributed by atoms with Crippen molar-refractivity contribution in [3.8, 4) is 17.0 Å². The number of nitrogens with one attached hydrogen (secondary N) is 2. The van der Waals surface area contributed by atoms with Gasteiger partial charge in [0.2, 0.25) is 0 Å². The van der Waals surface area contributed by atoms with Crippen LogP contribution in [0.5, 0.6) is 5.75 Å². The van der Waals surface area contributed by atoms with Crippen LogP contribution >= 0.6 is 11.6 Å². The predicted octanol–water partition coefficient (Wildman–Crippen LogP) is 3.89. The number of benzene rings is 2. The highest BCUT2D eigenvalue weighted by atomic mass is 35.5. The summed E-state index contributed by atoms with van der Waals surface area (Å²) in [6, 6.07) is 13.7. The van der Waals surface area contributed by atoms with Crippen LogP contribution in [0.3, 0.4) is 0 Å². The van der Waals surface area contributed by atoms with Crippen LogP contribution in [0.15, 0.2) is 48.5 Å². The van der Waals surface area contributed by atoms with E-state index in [-0.39, 0.29) is 23.3 Å². The number of carbonyl (C=O) groups is 1. The smallest absolute Gasteiger partial charge is 0.251 e. The standard InChI is InChI=1S/C21H20ClFN4O2/c1-29-19-7-4-14(10-17(19)23)21(28)24-16-8-9-27(12-16)20-11-18(25-26-20)13-2-5-15(22)6-3-13/h2-7,10-11,16H,8-9,12H2,1H3,(H,24,28)(H,25,26)/t16-/m1/s1. The van der Waals surface area contributed by atoms with Crippen LogP contribution in [0.2, 0.25) is 5.02 Å². The van der Waals surface area contributed by atoms with Gasteiger partial charge in [0.15, 0.2) is 17.4 Å². The Hall–Kier alpha value is -3.06. The topological polar surface area (TPSA) is 70.2 Å². The molecule has 1 atom stereocenters. The number of hydrogen-bond donors (Lipinski definition) is 2. The average Bonchev–Trinajstić information content (AvgIpc) is 3.38. The Morgan fingerprint density at radius 2 is 2.07 bits per heavy atom. The third-order valence-corrected chi connectivity index (χ3v) is 5.23. The van der Waals surface area contributed by atoms with Gasteiger partial charge in [-0.05, 0) is 42.3 Å². The molecule has 3 aromatic rings. The maximum atomic E-state index is 13.8. The van der Waals surface area contributed by atoms with E-state index in [0.717, 1.165) is 30.0 Å². The molecule has 0 spiro atoms. The van der Waals surface area contributed by atoms with Crippen molar-refractivity contribution in [3.05, 3.63) is 64.9 Å². The third kappa shape index (κ3) is 4.19. The normalized spacial score (nSPS) is 16.1. The molecule has 4 rings (SSSR count). The molecule has 1 saturated heterocycles. The average molecular weight is 415 g/mol. The van der Waals surface area contributed by atoms with Gasteiger partial charge in [-0.2, -0.15) is 5.10 Å². The van der Waals surface area contributed by atoms with Crippen molar-refractivity contribution in [2.24, 2.45) is 0 Å². The first-order valence-corrected chi connectivity index (χ1v) is 9.62. The summed E-state index contributed by atoms with van der Waals surface area (Å²) >= 11 is 5.94. The molecule has 0 radical (unpaired) electrons. The van der Waals surface area contributed by atoms with E-state index in [1.807, 2.05) is 30.3 Å². The van der Waals surface area contributed by atoms with Crippen molar-refractivity contribution >= 4 is 23.3 Å². The zero-order valence-corrected chi connectivity index (χ0v) is 16.5. The molecule has 1 aliphatic heterocycles. The first kappa shape index (κ1) is 19.3. The Morgan fingerprint density at radius 1 is 1.28 bits per heavy atom. The number of H-pyrrole nitrogens is 1. The maximum absolute atomic E-state index is 13.8. The lowest BCUT2D eigenvalue weighted by Gasteiger charge is -2.16. The van der Waals surface area contributed by atoms with Gasteiger partial charge < -0.3 is 15.0 Å². The molecule has 2 aromatic carbocycles. The summed E-state index contributed by atoms with van der Waals surface area (Å²) in [7, 11) is 1.39. The monoisotopic (exact) mass is 414 g/mol. The zero-order chi connectivity index (χ0) is 20.4. The fourth-order valence-electron chi connectivity index (χ4n) is 3.41. The Morgan fingerprint density at radius 3 is 2.79 bits per heavy atom. The summed E-state index contributed by atoms with van der Waals surface area (Å²) in [6.45, 7) is 1.40. The molecule has 0 bridgehead atoms. The highest BCUT2D eigenvalue weighted by Gasteiger charge is 2.26. The summed E-state index contributed by atoms with van der Waals surface area (Å²) in [5.74, 6) is 0.0764. The summed E-state index contributed by atoms with van der Waals surface area (Å²) in [4.78, 5) is 14.5. The lowest BCUT2D eigenvalue weighted by atomic mass is 10.1. The van der Waals surface area contributed by atoms with Gasteiger partial charge in [0.1, 0.15) is 0 Å². The first-order chi connectivity index (χ1) is 14.0. The number of ether oxygens (including phenoxy) is 1. The van der Waals surface area contributed by atoms with Crippen LogP contribution in [0.25, 0.3) is 11.3 Å². The number of amides is 1. The molecule has 0 aliphatic carbocycles. The van der Waals surface area contributed by atoms with E-state index in [2.05, 4.69) is 20.4 Å². The van der Waals surface area contributed by atoms with Gasteiger partial charge >= 0.3 is 0 Å². The molecule has 0 saturated carbocycles. The third-order valence-electron chi connectivity index (χ3n) is 4.98. The predicted molar refractivity (Wildman–Crippen MR) is 110 cm³/mol. The summed E-state index contributed by atoms with van der Waals surface area (Å²) in [5.41, 5.74) is 2.17. The molecular weight excluding hydrogens is 395 g/mol. The number of methoxy groups -OCH3 is 1. The lowest BCUT2D eigenvalue weighted by molar-refractivity contribution is 0.0940. The molecule has 2 N–H and O–H groups in total. The van der Waals surface area contributed by atoms with Crippen molar-refractivity contribution in [2.45, 2.75) is 12.5 Å². The van der Waals surface area contributed by atoms with Crippen molar-refractivity contribution in [2.75, 3.05) is 25.1 Å². The molecule has 1 aliphatic rings. The lowest BCUT2D eigenvalue weighted by Crippen LogP contribution is -2.37. The van der Waals surface area contributed by atoms with E-state index >= 15 is 0 Å². The number of anilines is 1. The van der Waals surface area contributed by atoms with Crippen LogP contribution in [-0.2, 0) is 0 Å². The number of halogens is 2. The Bertz CT molecular complexity index is 1020. The molecular formula is C21H20ClFN4O2. The van der Waals surface area contributed by atoms with Gasteiger partial charge in [-0.15, -0.1) is 0 Å². The van der Waals surface area contributed by atoms with E-state index in [1.165, 1.54) is 19.2 Å². The molecule has 0 unspecified atom stereocenters. The van der Waals surface area contributed by atoms with E-state index in [1.54, 1.807) is 6.07 Å². The highest BCUT2D eigenvalue weighted by molar-refractivity contribution is 6.30. The fourth-order valence-corrected chi connectivity index (χ4v) is 3.54. The van der Waals surface area contributed by atoms with Gasteiger partial charge in [-0.1, -0.05) is 23.7 Å². The van der Waals surface area contributed by atoms with Crippen LogP contribution in [0.1, 0.15) is 16.8 Å². The second-order valence-corrected chi connectivity index (χ2v) is 7.34. The van der Waals surface area contributed by atoms with E-state index in [0.29, 0.717) is 11.6 Å². The van der Waals surface area contributed by atoms with Gasteiger partial charge in [-0.25, -0.2) is 4.39 Å². The Balaban J connectivity index is 1.38. The quantitative estimate of drug-likeness (QED) is 0.664. The van der Waals surface area contributed by atoms with Crippen LogP contribution in [-0.4, -0.2) is 42.3 Å². The largest absolute Gasteiger partial charge is 0.494 e. The molecule has 1 fully saturated rings. The number of carbonyl (C=O) groups excluding carboxylic acids is 1. The van der Waals surface area contributed by atoms with Gasteiger partial charge in [0.05, 0.1) is 12.8 Å². The van der Waals surface area contributed by atoms with E-state index in [9.17, 15) is 9.18 Å². The molecule has 6 nitrogen and oxygen atoms in total. The van der Waals surface area contributed by atoms with Crippen molar-refractivity contribution in [1.82, 2.24) is 15.5 Å². The Labute approximate surface area is 172 Å². The minimum atomic E-state index is -0.556.